The Balaban J connectivity index is 0. The van der Waals surface area contributed by atoms with E-state index in [2.05, 4.69) is 11.3 Å². The Morgan fingerprint density at radius 1 is 1.62 bits per heavy atom. The highest BCUT2D eigenvalue weighted by atomic mass is 35.5. The molecule has 0 aliphatic carbocycles. The van der Waals surface area contributed by atoms with Gasteiger partial charge < -0.3 is 15.6 Å². The molecule has 0 fully saturated rings. The van der Waals surface area contributed by atoms with Gasteiger partial charge in [0, 0.05) is 0 Å². The molecule has 0 aliphatic rings. The number of rotatable bonds is 5. The first-order valence-electron chi connectivity index (χ1n) is 3.32. The Bertz CT molecular complexity index is 195. The van der Waals surface area contributed by atoms with Crippen LogP contribution in [0.5, 0.6) is 0 Å². The minimum atomic E-state index is -1.13. The van der Waals surface area contributed by atoms with Gasteiger partial charge in [-0.05, 0) is 0 Å². The summed E-state index contributed by atoms with van der Waals surface area (Å²) in [6.07, 6.45) is 0.960. The van der Waals surface area contributed by atoms with Gasteiger partial charge in [-0.2, -0.15) is 0 Å². The lowest BCUT2D eigenvalue weighted by Gasteiger charge is -2.06. The van der Waals surface area contributed by atoms with Crippen molar-refractivity contribution in [3.8, 4) is 0 Å². The van der Waals surface area contributed by atoms with Crippen LogP contribution in [0.2, 0.25) is 0 Å². The van der Waals surface area contributed by atoms with Gasteiger partial charge in [0.2, 0.25) is 0 Å². The SMILES string of the molecule is C=CCOC(=O)[C@@H](N)CC(=O)O.Cl. The van der Waals surface area contributed by atoms with Crippen LogP contribution in [0.3, 0.4) is 0 Å². The van der Waals surface area contributed by atoms with E-state index in [-0.39, 0.29) is 19.0 Å². The van der Waals surface area contributed by atoms with Gasteiger partial charge in [0.25, 0.3) is 0 Å². The second-order valence-electron chi connectivity index (χ2n) is 2.12. The lowest BCUT2D eigenvalue weighted by Crippen LogP contribution is -2.34. The number of carboxylic acids is 1. The van der Waals surface area contributed by atoms with Crippen molar-refractivity contribution in [1.29, 1.82) is 0 Å². The van der Waals surface area contributed by atoms with E-state index in [0.29, 0.717) is 0 Å². The Hall–Kier alpha value is -1.07. The van der Waals surface area contributed by atoms with E-state index in [1.807, 2.05) is 0 Å². The minimum absolute atomic E-state index is 0. The Kier molecular flexibility index (Phi) is 8.42. The third-order valence-corrected chi connectivity index (χ3v) is 1.04. The zero-order chi connectivity index (χ0) is 9.56. The van der Waals surface area contributed by atoms with Gasteiger partial charge in [0.15, 0.2) is 0 Å². The number of carbonyl (C=O) groups is 2. The number of halogens is 1. The Morgan fingerprint density at radius 2 is 2.15 bits per heavy atom. The molecule has 0 bridgehead atoms. The smallest absolute Gasteiger partial charge is 0.323 e. The molecule has 0 saturated carbocycles. The molecule has 6 heteroatoms. The summed E-state index contributed by atoms with van der Waals surface area (Å²) in [6.45, 7) is 3.37. The summed E-state index contributed by atoms with van der Waals surface area (Å²) >= 11 is 0. The molecule has 0 rings (SSSR count). The summed E-state index contributed by atoms with van der Waals surface area (Å²) in [5.74, 6) is -1.85. The summed E-state index contributed by atoms with van der Waals surface area (Å²) in [7, 11) is 0. The van der Waals surface area contributed by atoms with Crippen LogP contribution in [-0.4, -0.2) is 29.7 Å². The highest BCUT2D eigenvalue weighted by Crippen LogP contribution is 1.92. The molecule has 0 radical (unpaired) electrons. The van der Waals surface area contributed by atoms with Gasteiger partial charge in [-0.15, -0.1) is 12.4 Å². The van der Waals surface area contributed by atoms with Crippen LogP contribution in [0.1, 0.15) is 6.42 Å². The van der Waals surface area contributed by atoms with Crippen LogP contribution in [-0.2, 0) is 14.3 Å². The standard InChI is InChI=1S/C7H11NO4.ClH/c1-2-3-12-7(11)5(8)4-6(9)10;/h2,5H,1,3-4,8H2,(H,9,10);1H/t5-;/m0./s1. The molecule has 0 aromatic carbocycles. The number of carboxylic acid groups (broad SMARTS) is 1. The molecule has 76 valence electrons. The quantitative estimate of drug-likeness (QED) is 0.489. The zero-order valence-electron chi connectivity index (χ0n) is 6.93. The van der Waals surface area contributed by atoms with Gasteiger partial charge in [-0.25, -0.2) is 0 Å². The number of aliphatic carboxylic acids is 1. The number of hydrogen-bond donors (Lipinski definition) is 2. The molecule has 0 aromatic rings. The molecule has 3 N–H and O–H groups in total. The highest BCUT2D eigenvalue weighted by molar-refractivity contribution is 5.85. The average molecular weight is 210 g/mol. The first kappa shape index (κ1) is 14.5. The van der Waals surface area contributed by atoms with Crippen molar-refractivity contribution in [2.75, 3.05) is 6.61 Å². The molecule has 0 aliphatic heterocycles. The molecule has 5 nitrogen and oxygen atoms in total. The maximum Gasteiger partial charge on any atom is 0.323 e. The number of hydrogen-bond acceptors (Lipinski definition) is 4. The Morgan fingerprint density at radius 3 is 2.54 bits per heavy atom. The minimum Gasteiger partial charge on any atom is -0.481 e. The molecular formula is C7H12ClNO4. The maximum absolute atomic E-state index is 10.8. The Labute approximate surface area is 82.0 Å². The number of carbonyl (C=O) groups excluding carboxylic acids is 1. The normalized spacial score (nSPS) is 10.8. The van der Waals surface area contributed by atoms with Gasteiger partial charge in [0.05, 0.1) is 6.42 Å². The van der Waals surface area contributed by atoms with Crippen LogP contribution >= 0.6 is 12.4 Å². The van der Waals surface area contributed by atoms with Gasteiger partial charge >= 0.3 is 11.9 Å². The van der Waals surface area contributed by atoms with E-state index in [1.54, 1.807) is 0 Å². The molecule has 0 saturated heterocycles. The summed E-state index contributed by atoms with van der Waals surface area (Å²) in [6, 6.07) is -1.09. The summed E-state index contributed by atoms with van der Waals surface area (Å²) in [4.78, 5) is 20.9. The van der Waals surface area contributed by atoms with Crippen molar-refractivity contribution in [3.05, 3.63) is 12.7 Å². The summed E-state index contributed by atoms with van der Waals surface area (Å²) in [5, 5.41) is 8.25. The third-order valence-electron chi connectivity index (χ3n) is 1.04. The fourth-order valence-corrected chi connectivity index (χ4v) is 0.520. The van der Waals surface area contributed by atoms with Crippen molar-refractivity contribution in [1.82, 2.24) is 0 Å². The highest BCUT2D eigenvalue weighted by Gasteiger charge is 2.17. The van der Waals surface area contributed by atoms with Crippen LogP contribution < -0.4 is 5.73 Å². The largest absolute Gasteiger partial charge is 0.481 e. The van der Waals surface area contributed by atoms with E-state index in [4.69, 9.17) is 10.8 Å². The van der Waals surface area contributed by atoms with Crippen LogP contribution in [0.4, 0.5) is 0 Å². The van der Waals surface area contributed by atoms with Gasteiger partial charge in [-0.1, -0.05) is 12.7 Å². The van der Waals surface area contributed by atoms with E-state index in [1.165, 1.54) is 6.08 Å². The number of esters is 1. The van der Waals surface area contributed by atoms with Gasteiger partial charge in [0.1, 0.15) is 12.6 Å². The number of ether oxygens (including phenoxy) is 1. The van der Waals surface area contributed by atoms with E-state index < -0.39 is 24.4 Å². The zero-order valence-corrected chi connectivity index (χ0v) is 7.75. The van der Waals surface area contributed by atoms with E-state index >= 15 is 0 Å². The van der Waals surface area contributed by atoms with E-state index in [0.717, 1.165) is 0 Å². The lowest BCUT2D eigenvalue weighted by molar-refractivity contribution is -0.148. The van der Waals surface area contributed by atoms with Crippen molar-refractivity contribution in [2.24, 2.45) is 5.73 Å². The van der Waals surface area contributed by atoms with Crippen LogP contribution in [0.25, 0.3) is 0 Å². The first-order valence-corrected chi connectivity index (χ1v) is 3.32. The molecule has 0 spiro atoms. The second-order valence-corrected chi connectivity index (χ2v) is 2.12. The summed E-state index contributed by atoms with van der Waals surface area (Å²) in [5.41, 5.74) is 5.17. The van der Waals surface area contributed by atoms with Gasteiger partial charge in [-0.3, -0.25) is 9.59 Å². The molecule has 1 atom stereocenters. The molecule has 0 unspecified atom stereocenters. The van der Waals surface area contributed by atoms with Crippen molar-refractivity contribution in [2.45, 2.75) is 12.5 Å². The van der Waals surface area contributed by atoms with Crippen molar-refractivity contribution >= 4 is 24.3 Å². The fraction of sp³-hybridized carbons (Fsp3) is 0.429. The molecular weight excluding hydrogens is 198 g/mol. The summed E-state index contributed by atoms with van der Waals surface area (Å²) < 4.78 is 4.51. The lowest BCUT2D eigenvalue weighted by atomic mass is 10.2. The third kappa shape index (κ3) is 7.30. The predicted octanol–water partition coefficient (Wildman–Crippen LogP) is -0.0606. The second kappa shape index (κ2) is 7.57. The molecule has 0 heterocycles. The topological polar surface area (TPSA) is 89.6 Å². The molecule has 0 amide bonds. The van der Waals surface area contributed by atoms with Crippen molar-refractivity contribution in [3.63, 3.8) is 0 Å². The molecule has 0 aromatic heterocycles. The van der Waals surface area contributed by atoms with Crippen LogP contribution in [0.15, 0.2) is 12.7 Å². The average Bonchev–Trinajstić information content (AvgIpc) is 1.98. The number of nitrogens with two attached hydrogens (primary N) is 1. The van der Waals surface area contributed by atoms with Crippen LogP contribution in [0, 0.1) is 0 Å². The van der Waals surface area contributed by atoms with E-state index in [9.17, 15) is 9.59 Å². The predicted molar refractivity (Wildman–Crippen MR) is 48.6 cm³/mol. The monoisotopic (exact) mass is 209 g/mol. The van der Waals surface area contributed by atoms with Crippen molar-refractivity contribution < 1.29 is 19.4 Å². The molecule has 13 heavy (non-hydrogen) atoms. The first-order chi connectivity index (χ1) is 5.57. The fourth-order valence-electron chi connectivity index (χ4n) is 0.520. The maximum atomic E-state index is 10.8.